The van der Waals surface area contributed by atoms with Crippen LogP contribution in [0.25, 0.3) is 0 Å². The number of hydrazine groups is 1. The molecule has 0 aliphatic carbocycles. The molecule has 114 valence electrons. The average Bonchev–Trinajstić information content (AvgIpc) is 2.34. The Morgan fingerprint density at radius 3 is 2.35 bits per heavy atom. The van der Waals surface area contributed by atoms with E-state index < -0.39 is 12.0 Å². The molecule has 0 atom stereocenters. The van der Waals surface area contributed by atoms with Gasteiger partial charge in [-0.15, -0.1) is 0 Å². The fourth-order valence-electron chi connectivity index (χ4n) is 1.08. The highest BCUT2D eigenvalue weighted by molar-refractivity contribution is 5.37. The Bertz CT molecular complexity index is 462. The second-order valence-electron chi connectivity index (χ2n) is 5.05. The van der Waals surface area contributed by atoms with Gasteiger partial charge in [-0.3, -0.25) is 0 Å². The maximum absolute atomic E-state index is 12.6. The van der Waals surface area contributed by atoms with Crippen LogP contribution >= 0.6 is 0 Å². The molecule has 0 aromatic carbocycles. The molecule has 0 radical (unpaired) electrons. The van der Waals surface area contributed by atoms with Gasteiger partial charge in [0.2, 0.25) is 11.7 Å². The molecule has 1 rings (SSSR count). The van der Waals surface area contributed by atoms with Crippen LogP contribution in [0.5, 0.6) is 5.88 Å². The zero-order valence-electron chi connectivity index (χ0n) is 11.7. The summed E-state index contributed by atoms with van der Waals surface area (Å²) in [6.45, 7) is 3.94. The first-order valence-electron chi connectivity index (χ1n) is 5.79. The van der Waals surface area contributed by atoms with Crippen molar-refractivity contribution in [3.8, 4) is 5.88 Å². The third kappa shape index (κ3) is 4.20. The van der Waals surface area contributed by atoms with Gasteiger partial charge in [-0.05, 0) is 27.9 Å². The number of likely N-dealkylation sites (N-methyl/N-ethyl adjacent to an activating group) is 1. The molecule has 6 nitrogen and oxygen atoms in total. The van der Waals surface area contributed by atoms with Gasteiger partial charge in [-0.25, -0.2) is 10.8 Å². The lowest BCUT2D eigenvalue weighted by Gasteiger charge is -2.31. The molecule has 0 spiro atoms. The van der Waals surface area contributed by atoms with Gasteiger partial charge >= 0.3 is 6.18 Å². The Morgan fingerprint density at radius 2 is 1.90 bits per heavy atom. The first-order valence-corrected chi connectivity index (χ1v) is 5.79. The highest BCUT2D eigenvalue weighted by Crippen LogP contribution is 2.29. The van der Waals surface area contributed by atoms with E-state index in [1.807, 2.05) is 32.8 Å². The number of alkyl halides is 3. The minimum atomic E-state index is -4.66. The molecule has 1 aromatic heterocycles. The largest absolute Gasteiger partial charge is 0.476 e. The van der Waals surface area contributed by atoms with Crippen LogP contribution in [0.15, 0.2) is 6.07 Å². The van der Waals surface area contributed by atoms with E-state index in [0.29, 0.717) is 0 Å². The summed E-state index contributed by atoms with van der Waals surface area (Å²) in [7, 11) is 3.69. The number of nitrogens with zero attached hydrogens (tertiary/aromatic N) is 3. The monoisotopic (exact) mass is 293 g/mol. The first kappa shape index (κ1) is 16.4. The van der Waals surface area contributed by atoms with Crippen molar-refractivity contribution in [3.63, 3.8) is 0 Å². The molecule has 0 aliphatic heterocycles. The summed E-state index contributed by atoms with van der Waals surface area (Å²) in [5, 5.41) is 0. The lowest BCUT2D eigenvalue weighted by atomic mass is 10.1. The molecule has 0 amide bonds. The predicted octanol–water partition coefficient (Wildman–Crippen LogP) is 1.50. The summed E-state index contributed by atoms with van der Waals surface area (Å²) in [6, 6.07) is 1.21. The lowest BCUT2D eigenvalue weighted by molar-refractivity contribution is -0.145. The number of nitrogens with one attached hydrogen (secondary N) is 1. The molecular formula is C11H18F3N5O. The van der Waals surface area contributed by atoms with Crippen molar-refractivity contribution in [2.45, 2.75) is 25.6 Å². The highest BCUT2D eigenvalue weighted by atomic mass is 19.4. The number of halogens is 3. The standard InChI is InChI=1S/C11H18F3N5O/c1-10(2,19(3)4)6-20-8-5-7(18-15)16-9(17-8)11(12,13)14/h5H,6,15H2,1-4H3,(H,16,17,18). The Kier molecular flexibility index (Phi) is 4.77. The number of rotatable bonds is 5. The first-order chi connectivity index (χ1) is 9.06. The quantitative estimate of drug-likeness (QED) is 0.633. The van der Waals surface area contributed by atoms with E-state index in [1.165, 1.54) is 6.07 Å². The van der Waals surface area contributed by atoms with Gasteiger partial charge in [-0.1, -0.05) is 0 Å². The van der Waals surface area contributed by atoms with Crippen molar-refractivity contribution in [2.24, 2.45) is 5.84 Å². The molecule has 20 heavy (non-hydrogen) atoms. The van der Waals surface area contributed by atoms with Gasteiger partial charge < -0.3 is 15.1 Å². The van der Waals surface area contributed by atoms with Crippen molar-refractivity contribution in [2.75, 3.05) is 26.1 Å². The lowest BCUT2D eigenvalue weighted by Crippen LogP contribution is -2.43. The van der Waals surface area contributed by atoms with E-state index in [-0.39, 0.29) is 23.8 Å². The third-order valence-corrected chi connectivity index (χ3v) is 2.89. The predicted molar refractivity (Wildman–Crippen MR) is 68.1 cm³/mol. The van der Waals surface area contributed by atoms with Crippen molar-refractivity contribution in [1.82, 2.24) is 14.9 Å². The van der Waals surface area contributed by atoms with Crippen LogP contribution in [0.4, 0.5) is 19.0 Å². The summed E-state index contributed by atoms with van der Waals surface area (Å²) in [5.74, 6) is 3.44. The van der Waals surface area contributed by atoms with Crippen molar-refractivity contribution in [1.29, 1.82) is 0 Å². The Labute approximate surface area is 115 Å². The van der Waals surface area contributed by atoms with Crippen LogP contribution in [0.1, 0.15) is 19.7 Å². The van der Waals surface area contributed by atoms with Crippen LogP contribution in [0.2, 0.25) is 0 Å². The number of ether oxygens (including phenoxy) is 1. The topological polar surface area (TPSA) is 76.3 Å². The average molecular weight is 293 g/mol. The van der Waals surface area contributed by atoms with Crippen molar-refractivity contribution >= 4 is 5.82 Å². The molecule has 1 heterocycles. The molecule has 1 aromatic rings. The minimum absolute atomic E-state index is 0.162. The van der Waals surface area contributed by atoms with Crippen molar-refractivity contribution in [3.05, 3.63) is 11.9 Å². The molecule has 0 saturated heterocycles. The summed E-state index contributed by atoms with van der Waals surface area (Å²) in [4.78, 5) is 8.47. The van der Waals surface area contributed by atoms with Crippen LogP contribution in [0, 0.1) is 0 Å². The van der Waals surface area contributed by atoms with E-state index in [4.69, 9.17) is 10.6 Å². The maximum Gasteiger partial charge on any atom is 0.451 e. The molecule has 0 saturated carbocycles. The number of anilines is 1. The SMILES string of the molecule is CN(C)C(C)(C)COc1cc(NN)nc(C(F)(F)F)n1. The van der Waals surface area contributed by atoms with Crippen LogP contribution in [0.3, 0.4) is 0 Å². The molecule has 0 fully saturated rings. The molecule has 0 aliphatic rings. The van der Waals surface area contributed by atoms with Gasteiger partial charge in [0, 0.05) is 11.6 Å². The number of nitrogens with two attached hydrogens (primary N) is 1. The Balaban J connectivity index is 2.96. The summed E-state index contributed by atoms with van der Waals surface area (Å²) < 4.78 is 43.2. The van der Waals surface area contributed by atoms with Gasteiger partial charge in [-0.2, -0.15) is 18.2 Å². The Morgan fingerprint density at radius 1 is 1.30 bits per heavy atom. The normalized spacial score (nSPS) is 12.7. The van der Waals surface area contributed by atoms with Crippen LogP contribution in [-0.2, 0) is 6.18 Å². The summed E-state index contributed by atoms with van der Waals surface area (Å²) in [6.07, 6.45) is -4.66. The van der Waals surface area contributed by atoms with E-state index in [2.05, 4.69) is 15.4 Å². The fourth-order valence-corrected chi connectivity index (χ4v) is 1.08. The van der Waals surface area contributed by atoms with Crippen molar-refractivity contribution < 1.29 is 17.9 Å². The van der Waals surface area contributed by atoms with E-state index in [0.717, 1.165) is 0 Å². The van der Waals surface area contributed by atoms with Crippen LogP contribution in [-0.4, -0.2) is 41.1 Å². The second kappa shape index (κ2) is 5.80. The number of hydrogen-bond donors (Lipinski definition) is 2. The fraction of sp³-hybridized carbons (Fsp3) is 0.636. The Hall–Kier alpha value is -1.61. The molecule has 0 unspecified atom stereocenters. The summed E-state index contributed by atoms with van der Waals surface area (Å²) >= 11 is 0. The third-order valence-electron chi connectivity index (χ3n) is 2.89. The zero-order valence-corrected chi connectivity index (χ0v) is 11.7. The minimum Gasteiger partial charge on any atom is -0.476 e. The molecular weight excluding hydrogens is 275 g/mol. The molecule has 0 bridgehead atoms. The number of nitrogen functional groups attached to an aromatic ring is 1. The smallest absolute Gasteiger partial charge is 0.451 e. The number of aromatic nitrogens is 2. The van der Waals surface area contributed by atoms with Gasteiger partial charge in [0.1, 0.15) is 12.4 Å². The number of hydrogen-bond acceptors (Lipinski definition) is 6. The highest BCUT2D eigenvalue weighted by Gasteiger charge is 2.36. The van der Waals surface area contributed by atoms with Gasteiger partial charge in [0.05, 0.1) is 0 Å². The maximum atomic E-state index is 12.6. The zero-order chi connectivity index (χ0) is 15.6. The van der Waals surface area contributed by atoms with Crippen LogP contribution < -0.4 is 16.0 Å². The van der Waals surface area contributed by atoms with E-state index >= 15 is 0 Å². The van der Waals surface area contributed by atoms with Gasteiger partial charge in [0.15, 0.2) is 0 Å². The summed E-state index contributed by atoms with van der Waals surface area (Å²) in [5.41, 5.74) is 1.70. The second-order valence-corrected chi connectivity index (χ2v) is 5.05. The van der Waals surface area contributed by atoms with Gasteiger partial charge in [0.25, 0.3) is 0 Å². The molecule has 3 N–H and O–H groups in total. The molecule has 9 heteroatoms. The van der Waals surface area contributed by atoms with E-state index in [1.54, 1.807) is 0 Å². The van der Waals surface area contributed by atoms with E-state index in [9.17, 15) is 13.2 Å².